The Bertz CT molecular complexity index is 865. The molecule has 0 aliphatic heterocycles. The molecule has 140 valence electrons. The second kappa shape index (κ2) is 9.38. The van der Waals surface area contributed by atoms with Gasteiger partial charge in [-0.15, -0.1) is 0 Å². The maximum absolute atomic E-state index is 12.2. The summed E-state index contributed by atoms with van der Waals surface area (Å²) < 4.78 is 12.8. The lowest BCUT2D eigenvalue weighted by Crippen LogP contribution is -2.29. The van der Waals surface area contributed by atoms with Gasteiger partial charge in [-0.3, -0.25) is 4.79 Å². The second-order valence-electron chi connectivity index (χ2n) is 5.81. The van der Waals surface area contributed by atoms with Crippen molar-refractivity contribution in [2.24, 2.45) is 0 Å². The molecule has 0 aliphatic rings. The number of para-hydroxylation sites is 2. The summed E-state index contributed by atoms with van der Waals surface area (Å²) in [5.74, 6) is 0.990. The highest BCUT2D eigenvalue weighted by Gasteiger charge is 2.09. The molecular formula is C20H22N4O3. The first-order valence-electron chi connectivity index (χ1n) is 8.76. The number of rotatable bonds is 9. The lowest BCUT2D eigenvalue weighted by molar-refractivity contribution is -0.123. The molecule has 27 heavy (non-hydrogen) atoms. The van der Waals surface area contributed by atoms with Crippen LogP contribution < -0.4 is 14.8 Å². The molecule has 2 aromatic carbocycles. The molecule has 1 amide bonds. The molecule has 3 rings (SSSR count). The second-order valence-corrected chi connectivity index (χ2v) is 5.81. The number of nitrogens with one attached hydrogen (secondary N) is 1. The first kappa shape index (κ1) is 18.4. The Kier molecular flexibility index (Phi) is 6.40. The van der Waals surface area contributed by atoms with Gasteiger partial charge in [0, 0.05) is 6.54 Å². The molecule has 7 nitrogen and oxygen atoms in total. The third-order valence-electron chi connectivity index (χ3n) is 3.90. The summed E-state index contributed by atoms with van der Waals surface area (Å²) in [5.41, 5.74) is 2.10. The number of amides is 1. The van der Waals surface area contributed by atoms with E-state index in [4.69, 9.17) is 9.47 Å². The maximum atomic E-state index is 12.2. The van der Waals surface area contributed by atoms with Crippen molar-refractivity contribution in [1.29, 1.82) is 0 Å². The number of hydrogen-bond donors (Lipinski definition) is 1. The van der Waals surface area contributed by atoms with Gasteiger partial charge in [-0.2, -0.15) is 5.10 Å². The number of aromatic nitrogens is 3. The van der Waals surface area contributed by atoms with Crippen LogP contribution in [0.15, 0.2) is 61.2 Å². The van der Waals surface area contributed by atoms with E-state index in [9.17, 15) is 4.79 Å². The first-order valence-corrected chi connectivity index (χ1v) is 8.76. The van der Waals surface area contributed by atoms with Crippen molar-refractivity contribution in [2.45, 2.75) is 20.0 Å². The molecule has 1 heterocycles. The SMILES string of the molecule is CCOc1ccccc1OCC(=O)NCc1ccccc1Cn1cncn1. The quantitative estimate of drug-likeness (QED) is 0.629. The molecule has 0 unspecified atom stereocenters. The molecule has 0 radical (unpaired) electrons. The van der Waals surface area contributed by atoms with Crippen LogP contribution in [-0.2, 0) is 17.9 Å². The summed E-state index contributed by atoms with van der Waals surface area (Å²) in [4.78, 5) is 16.1. The van der Waals surface area contributed by atoms with Crippen LogP contribution in [0.2, 0.25) is 0 Å². The van der Waals surface area contributed by atoms with Crippen LogP contribution >= 0.6 is 0 Å². The van der Waals surface area contributed by atoms with Crippen molar-refractivity contribution in [3.63, 3.8) is 0 Å². The van der Waals surface area contributed by atoms with E-state index < -0.39 is 0 Å². The summed E-state index contributed by atoms with van der Waals surface area (Å²) in [7, 11) is 0. The van der Waals surface area contributed by atoms with Crippen molar-refractivity contribution >= 4 is 5.91 Å². The van der Waals surface area contributed by atoms with E-state index in [0.29, 0.717) is 31.2 Å². The Labute approximate surface area is 158 Å². The zero-order valence-electron chi connectivity index (χ0n) is 15.2. The van der Waals surface area contributed by atoms with Gasteiger partial charge in [0.1, 0.15) is 12.7 Å². The van der Waals surface area contributed by atoms with E-state index in [2.05, 4.69) is 15.4 Å². The minimum Gasteiger partial charge on any atom is -0.490 e. The van der Waals surface area contributed by atoms with Gasteiger partial charge in [0.25, 0.3) is 5.91 Å². The normalized spacial score (nSPS) is 10.4. The Morgan fingerprint density at radius 1 is 1.04 bits per heavy atom. The molecule has 0 fully saturated rings. The third kappa shape index (κ3) is 5.31. The van der Waals surface area contributed by atoms with E-state index in [1.165, 1.54) is 6.33 Å². The Balaban J connectivity index is 1.54. The van der Waals surface area contributed by atoms with Gasteiger partial charge in [-0.1, -0.05) is 36.4 Å². The molecular weight excluding hydrogens is 344 g/mol. The average molecular weight is 366 g/mol. The smallest absolute Gasteiger partial charge is 0.258 e. The van der Waals surface area contributed by atoms with Gasteiger partial charge >= 0.3 is 0 Å². The van der Waals surface area contributed by atoms with E-state index in [-0.39, 0.29) is 12.5 Å². The monoisotopic (exact) mass is 366 g/mol. The molecule has 7 heteroatoms. The molecule has 0 bridgehead atoms. The average Bonchev–Trinajstić information content (AvgIpc) is 3.20. The number of hydrogen-bond acceptors (Lipinski definition) is 5. The Hall–Kier alpha value is -3.35. The maximum Gasteiger partial charge on any atom is 0.258 e. The van der Waals surface area contributed by atoms with E-state index in [1.54, 1.807) is 17.1 Å². The molecule has 0 spiro atoms. The molecule has 0 saturated carbocycles. The molecule has 0 atom stereocenters. The van der Waals surface area contributed by atoms with Crippen LogP contribution in [0.3, 0.4) is 0 Å². The van der Waals surface area contributed by atoms with Crippen LogP contribution in [-0.4, -0.2) is 33.9 Å². The lowest BCUT2D eigenvalue weighted by atomic mass is 10.1. The Morgan fingerprint density at radius 2 is 1.74 bits per heavy atom. The van der Waals surface area contributed by atoms with E-state index >= 15 is 0 Å². The van der Waals surface area contributed by atoms with Crippen molar-refractivity contribution in [3.05, 3.63) is 72.3 Å². The van der Waals surface area contributed by atoms with Crippen LogP contribution in [0, 0.1) is 0 Å². The summed E-state index contributed by atoms with van der Waals surface area (Å²) >= 11 is 0. The third-order valence-corrected chi connectivity index (χ3v) is 3.90. The highest BCUT2D eigenvalue weighted by atomic mass is 16.5. The topological polar surface area (TPSA) is 78.3 Å². The van der Waals surface area contributed by atoms with Crippen molar-refractivity contribution in [1.82, 2.24) is 20.1 Å². The summed E-state index contributed by atoms with van der Waals surface area (Å²) in [6.07, 6.45) is 3.17. The molecule has 3 aromatic rings. The van der Waals surface area contributed by atoms with Crippen LogP contribution in [0.25, 0.3) is 0 Å². The van der Waals surface area contributed by atoms with Crippen LogP contribution in [0.4, 0.5) is 0 Å². The highest BCUT2D eigenvalue weighted by Crippen LogP contribution is 2.26. The molecule has 1 aromatic heterocycles. The predicted octanol–water partition coefficient (Wildman–Crippen LogP) is 2.42. The lowest BCUT2D eigenvalue weighted by Gasteiger charge is -2.13. The standard InChI is InChI=1S/C20H22N4O3/c1-2-26-18-9-5-6-10-19(18)27-13-20(25)22-11-16-7-3-4-8-17(16)12-24-15-21-14-23-24/h3-10,14-15H,2,11-13H2,1H3,(H,22,25). The number of carbonyl (C=O) groups is 1. The molecule has 1 N–H and O–H groups in total. The zero-order chi connectivity index (χ0) is 18.9. The minimum absolute atomic E-state index is 0.0741. The summed E-state index contributed by atoms with van der Waals surface area (Å²) in [5, 5.41) is 7.01. The number of ether oxygens (including phenoxy) is 2. The highest BCUT2D eigenvalue weighted by molar-refractivity contribution is 5.77. The number of nitrogens with zero attached hydrogens (tertiary/aromatic N) is 3. The molecule has 0 saturated heterocycles. The summed E-state index contributed by atoms with van der Waals surface area (Å²) in [6.45, 7) is 3.38. The van der Waals surface area contributed by atoms with Crippen LogP contribution in [0.1, 0.15) is 18.1 Å². The fourth-order valence-corrected chi connectivity index (χ4v) is 2.61. The molecule has 0 aliphatic carbocycles. The van der Waals surface area contributed by atoms with Gasteiger partial charge < -0.3 is 14.8 Å². The van der Waals surface area contributed by atoms with Crippen LogP contribution in [0.5, 0.6) is 11.5 Å². The van der Waals surface area contributed by atoms with Crippen molar-refractivity contribution in [2.75, 3.05) is 13.2 Å². The van der Waals surface area contributed by atoms with E-state index in [0.717, 1.165) is 11.1 Å². The minimum atomic E-state index is -0.197. The van der Waals surface area contributed by atoms with Crippen molar-refractivity contribution < 1.29 is 14.3 Å². The number of benzene rings is 2. The number of carbonyl (C=O) groups excluding carboxylic acids is 1. The fourth-order valence-electron chi connectivity index (χ4n) is 2.61. The first-order chi connectivity index (χ1) is 13.3. The van der Waals surface area contributed by atoms with Gasteiger partial charge in [-0.05, 0) is 30.2 Å². The van der Waals surface area contributed by atoms with Gasteiger partial charge in [0.05, 0.1) is 13.2 Å². The Morgan fingerprint density at radius 3 is 2.44 bits per heavy atom. The van der Waals surface area contributed by atoms with Gasteiger partial charge in [0.2, 0.25) is 0 Å². The van der Waals surface area contributed by atoms with Gasteiger partial charge in [-0.25, -0.2) is 9.67 Å². The van der Waals surface area contributed by atoms with E-state index in [1.807, 2.05) is 49.4 Å². The van der Waals surface area contributed by atoms with Gasteiger partial charge in [0.15, 0.2) is 18.1 Å². The zero-order valence-corrected chi connectivity index (χ0v) is 15.2. The summed E-state index contributed by atoms with van der Waals surface area (Å²) in [6, 6.07) is 15.2. The predicted molar refractivity (Wildman–Crippen MR) is 101 cm³/mol. The fraction of sp³-hybridized carbons (Fsp3) is 0.250. The van der Waals surface area contributed by atoms with Crippen molar-refractivity contribution in [3.8, 4) is 11.5 Å². The largest absolute Gasteiger partial charge is 0.490 e.